The first kappa shape index (κ1) is 14.4. The van der Waals surface area contributed by atoms with Crippen LogP contribution in [0.3, 0.4) is 0 Å². The molecule has 0 aliphatic carbocycles. The summed E-state index contributed by atoms with van der Waals surface area (Å²) in [6.45, 7) is 1.08. The van der Waals surface area contributed by atoms with Crippen LogP contribution >= 0.6 is 0 Å². The molecule has 114 valence electrons. The van der Waals surface area contributed by atoms with E-state index >= 15 is 0 Å². The van der Waals surface area contributed by atoms with E-state index in [1.807, 2.05) is 18.2 Å². The van der Waals surface area contributed by atoms with Crippen molar-refractivity contribution in [3.05, 3.63) is 23.8 Å². The predicted molar refractivity (Wildman–Crippen MR) is 80.9 cm³/mol. The van der Waals surface area contributed by atoms with Gasteiger partial charge in [-0.3, -0.25) is 9.69 Å². The predicted octanol–water partition coefficient (Wildman–Crippen LogP) is 2.96. The fraction of sp³-hybridized carbons (Fsp3) is 0.588. The molecule has 0 N–H and O–H groups in total. The lowest BCUT2D eigenvalue weighted by Crippen LogP contribution is -2.47. The molecule has 0 bridgehead atoms. The van der Waals surface area contributed by atoms with Crippen LogP contribution in [0.5, 0.6) is 11.5 Å². The van der Waals surface area contributed by atoms with Gasteiger partial charge in [-0.1, -0.05) is 12.5 Å². The molecule has 2 saturated heterocycles. The van der Waals surface area contributed by atoms with Crippen molar-refractivity contribution in [2.45, 2.75) is 44.2 Å². The summed E-state index contributed by atoms with van der Waals surface area (Å²) in [5.41, 5.74) is 1.11. The average Bonchev–Trinajstić information content (AvgIpc) is 2.53. The molecule has 3 rings (SSSR count). The summed E-state index contributed by atoms with van der Waals surface area (Å²) in [4.78, 5) is 14.6. The van der Waals surface area contributed by atoms with Crippen LogP contribution in [0, 0.1) is 0 Å². The van der Waals surface area contributed by atoms with Gasteiger partial charge < -0.3 is 9.47 Å². The Hall–Kier alpha value is -1.55. The molecule has 2 aliphatic rings. The molecule has 0 spiro atoms. The van der Waals surface area contributed by atoms with E-state index in [1.165, 1.54) is 12.8 Å². The Labute approximate surface area is 126 Å². The van der Waals surface area contributed by atoms with Crippen LogP contribution in [-0.4, -0.2) is 37.5 Å². The molecular formula is C17H23NO3. The number of ether oxygens (including phenoxy) is 2. The second kappa shape index (κ2) is 6.06. The maximum Gasteiger partial charge on any atom is 0.136 e. The van der Waals surface area contributed by atoms with E-state index in [4.69, 9.17) is 9.47 Å². The summed E-state index contributed by atoms with van der Waals surface area (Å²) in [5, 5.41) is 0. The maximum absolute atomic E-state index is 12.1. The van der Waals surface area contributed by atoms with Crippen molar-refractivity contribution in [2.75, 3.05) is 20.8 Å². The van der Waals surface area contributed by atoms with Crippen molar-refractivity contribution < 1.29 is 14.3 Å². The first-order valence-electron chi connectivity index (χ1n) is 7.72. The van der Waals surface area contributed by atoms with Crippen LogP contribution in [0.2, 0.25) is 0 Å². The van der Waals surface area contributed by atoms with Crippen LogP contribution in [0.4, 0.5) is 0 Å². The van der Waals surface area contributed by atoms with Gasteiger partial charge in [-0.2, -0.15) is 0 Å². The lowest BCUT2D eigenvalue weighted by Gasteiger charge is -2.44. The highest BCUT2D eigenvalue weighted by Crippen LogP contribution is 2.41. The molecular weight excluding hydrogens is 266 g/mol. The summed E-state index contributed by atoms with van der Waals surface area (Å²) < 4.78 is 10.8. The quantitative estimate of drug-likeness (QED) is 0.857. The third-order valence-electron chi connectivity index (χ3n) is 4.76. The second-order valence-electron chi connectivity index (χ2n) is 5.96. The molecule has 4 nitrogen and oxygen atoms in total. The highest BCUT2D eigenvalue weighted by molar-refractivity contribution is 5.81. The van der Waals surface area contributed by atoms with Gasteiger partial charge in [-0.05, 0) is 25.5 Å². The van der Waals surface area contributed by atoms with Gasteiger partial charge in [0, 0.05) is 36.6 Å². The highest BCUT2D eigenvalue weighted by atomic mass is 16.5. The lowest BCUT2D eigenvalue weighted by molar-refractivity contribution is -0.126. The van der Waals surface area contributed by atoms with E-state index in [2.05, 4.69) is 4.90 Å². The van der Waals surface area contributed by atoms with Gasteiger partial charge in [0.1, 0.15) is 17.3 Å². The smallest absolute Gasteiger partial charge is 0.136 e. The van der Waals surface area contributed by atoms with Gasteiger partial charge in [-0.15, -0.1) is 0 Å². The minimum Gasteiger partial charge on any atom is -0.497 e. The topological polar surface area (TPSA) is 38.8 Å². The molecule has 0 unspecified atom stereocenters. The fourth-order valence-electron chi connectivity index (χ4n) is 3.71. The van der Waals surface area contributed by atoms with Crippen molar-refractivity contribution in [1.82, 2.24) is 4.90 Å². The van der Waals surface area contributed by atoms with Crippen LogP contribution in [0.15, 0.2) is 18.2 Å². The Morgan fingerprint density at radius 2 is 2.00 bits per heavy atom. The largest absolute Gasteiger partial charge is 0.497 e. The summed E-state index contributed by atoms with van der Waals surface area (Å²) in [7, 11) is 3.33. The van der Waals surface area contributed by atoms with Gasteiger partial charge in [0.05, 0.1) is 14.2 Å². The number of hydrogen-bond donors (Lipinski definition) is 0. The molecule has 0 aromatic heterocycles. The van der Waals surface area contributed by atoms with Gasteiger partial charge >= 0.3 is 0 Å². The highest BCUT2D eigenvalue weighted by Gasteiger charge is 2.37. The number of carbonyl (C=O) groups excluding carboxylic acids is 1. The summed E-state index contributed by atoms with van der Waals surface area (Å²) in [6.07, 6.45) is 4.91. The average molecular weight is 289 g/mol. The number of Topliss-reactive ketones (excluding diaryl/α,β-unsaturated/α-hetero) is 1. The van der Waals surface area contributed by atoms with Crippen molar-refractivity contribution in [2.24, 2.45) is 0 Å². The lowest BCUT2D eigenvalue weighted by atomic mass is 9.85. The number of piperidine rings is 2. The zero-order valence-electron chi connectivity index (χ0n) is 12.8. The van der Waals surface area contributed by atoms with Crippen molar-refractivity contribution in [3.63, 3.8) is 0 Å². The number of rotatable bonds is 3. The Morgan fingerprint density at radius 3 is 2.76 bits per heavy atom. The first-order chi connectivity index (χ1) is 10.2. The van der Waals surface area contributed by atoms with E-state index in [9.17, 15) is 4.79 Å². The standard InChI is InChI=1S/C17H23NO3/c1-20-14-6-7-15(17(11-14)21-2)16-10-13(19)9-12-5-3-4-8-18(12)16/h6-7,11-12,16H,3-5,8-10H2,1-2H3/t12-,16-/m0/s1. The van der Waals surface area contributed by atoms with E-state index < -0.39 is 0 Å². The molecule has 0 amide bonds. The third-order valence-corrected chi connectivity index (χ3v) is 4.76. The molecule has 2 atom stereocenters. The fourth-order valence-corrected chi connectivity index (χ4v) is 3.71. The van der Waals surface area contributed by atoms with E-state index in [1.54, 1.807) is 14.2 Å². The van der Waals surface area contributed by atoms with E-state index in [-0.39, 0.29) is 6.04 Å². The van der Waals surface area contributed by atoms with Crippen molar-refractivity contribution in [3.8, 4) is 11.5 Å². The Balaban J connectivity index is 1.95. The van der Waals surface area contributed by atoms with Crippen LogP contribution < -0.4 is 9.47 Å². The number of hydrogen-bond acceptors (Lipinski definition) is 4. The van der Waals surface area contributed by atoms with E-state index in [0.717, 1.165) is 36.4 Å². The molecule has 1 aromatic rings. The molecule has 21 heavy (non-hydrogen) atoms. The van der Waals surface area contributed by atoms with Crippen LogP contribution in [0.1, 0.15) is 43.7 Å². The SMILES string of the molecule is COc1ccc([C@@H]2CC(=O)C[C@@H]3CCCCN32)c(OC)c1. The Kier molecular flexibility index (Phi) is 4.15. The normalized spacial score (nSPS) is 26.3. The number of fused-ring (bicyclic) bond motifs is 1. The summed E-state index contributed by atoms with van der Waals surface area (Å²) in [5.74, 6) is 1.98. The minimum absolute atomic E-state index is 0.150. The van der Waals surface area contributed by atoms with Crippen molar-refractivity contribution in [1.29, 1.82) is 0 Å². The monoisotopic (exact) mass is 289 g/mol. The zero-order valence-corrected chi connectivity index (χ0v) is 12.8. The molecule has 4 heteroatoms. The van der Waals surface area contributed by atoms with Gasteiger partial charge in [0.2, 0.25) is 0 Å². The van der Waals surface area contributed by atoms with Gasteiger partial charge in [0.15, 0.2) is 0 Å². The Bertz CT molecular complexity index is 529. The molecule has 2 fully saturated rings. The summed E-state index contributed by atoms with van der Waals surface area (Å²) >= 11 is 0. The molecule has 2 aliphatic heterocycles. The summed E-state index contributed by atoms with van der Waals surface area (Å²) in [6, 6.07) is 6.48. The first-order valence-corrected chi connectivity index (χ1v) is 7.72. The van der Waals surface area contributed by atoms with Gasteiger partial charge in [0.25, 0.3) is 0 Å². The van der Waals surface area contributed by atoms with Gasteiger partial charge in [-0.25, -0.2) is 0 Å². The molecule has 0 saturated carbocycles. The van der Waals surface area contributed by atoms with E-state index in [0.29, 0.717) is 18.2 Å². The number of benzene rings is 1. The van der Waals surface area contributed by atoms with Crippen molar-refractivity contribution >= 4 is 5.78 Å². The van der Waals surface area contributed by atoms with Crippen LogP contribution in [-0.2, 0) is 4.79 Å². The maximum atomic E-state index is 12.1. The molecule has 1 aromatic carbocycles. The molecule has 2 heterocycles. The number of ketones is 1. The Morgan fingerprint density at radius 1 is 1.14 bits per heavy atom. The second-order valence-corrected chi connectivity index (χ2v) is 5.96. The zero-order chi connectivity index (χ0) is 14.8. The molecule has 0 radical (unpaired) electrons. The number of carbonyl (C=O) groups is 1. The third kappa shape index (κ3) is 2.77. The number of nitrogens with zero attached hydrogens (tertiary/aromatic N) is 1. The number of methoxy groups -OCH3 is 2. The minimum atomic E-state index is 0.150. The van der Waals surface area contributed by atoms with Crippen LogP contribution in [0.25, 0.3) is 0 Å².